The monoisotopic (exact) mass is 129 g/mol. The van der Waals surface area contributed by atoms with Gasteiger partial charge in [0, 0.05) is 0 Å². The average molecular weight is 129 g/mol. The fraction of sp³-hybridized carbons (Fsp3) is 0.667. The average Bonchev–Trinajstić information content (AvgIpc) is 1.65. The first-order chi connectivity index (χ1) is 2.81. The van der Waals surface area contributed by atoms with E-state index in [9.17, 15) is 4.79 Å². The van der Waals surface area contributed by atoms with Crippen LogP contribution in [0.4, 0.5) is 0 Å². The van der Waals surface area contributed by atoms with Crippen LogP contribution in [-0.2, 0) is 9.53 Å². The van der Waals surface area contributed by atoms with E-state index in [-0.39, 0.29) is 63.9 Å². The van der Waals surface area contributed by atoms with Crippen LogP contribution >= 0.6 is 0 Å². The van der Waals surface area contributed by atoms with Gasteiger partial charge in [0.05, 0.1) is 13.7 Å². The molecule has 0 aliphatic heterocycles. The van der Waals surface area contributed by atoms with E-state index in [1.165, 1.54) is 7.11 Å². The minimum absolute atomic E-state index is 0. The van der Waals surface area contributed by atoms with Crippen LogP contribution in [-0.4, -0.2) is 71.0 Å². The van der Waals surface area contributed by atoms with Gasteiger partial charge in [0.1, 0.15) is 0 Å². The molecule has 0 aromatic rings. The number of esters is 1. The second kappa shape index (κ2) is 7.07. The van der Waals surface area contributed by atoms with E-state index in [0.717, 1.165) is 0 Å². The van der Waals surface area contributed by atoms with Crippen LogP contribution in [0.2, 0.25) is 0 Å². The van der Waals surface area contributed by atoms with E-state index in [4.69, 9.17) is 5.73 Å². The zero-order valence-corrected chi connectivity index (χ0v) is 3.60. The SMILES string of the molecule is COC(=O)CN.[KH]. The molecule has 0 bridgehead atoms. The molecule has 3 nitrogen and oxygen atoms in total. The molecular weight excluding hydrogens is 121 g/mol. The van der Waals surface area contributed by atoms with Gasteiger partial charge in [-0.25, -0.2) is 0 Å². The van der Waals surface area contributed by atoms with Gasteiger partial charge < -0.3 is 10.5 Å². The molecule has 0 atom stereocenters. The van der Waals surface area contributed by atoms with Crippen molar-refractivity contribution in [1.82, 2.24) is 0 Å². The van der Waals surface area contributed by atoms with Gasteiger partial charge in [0.15, 0.2) is 0 Å². The Morgan fingerprint density at radius 1 is 1.86 bits per heavy atom. The quantitative estimate of drug-likeness (QED) is 0.345. The van der Waals surface area contributed by atoms with Crippen molar-refractivity contribution in [1.29, 1.82) is 0 Å². The molecule has 0 saturated heterocycles. The van der Waals surface area contributed by atoms with Crippen molar-refractivity contribution in [2.75, 3.05) is 13.7 Å². The Kier molecular flexibility index (Phi) is 11.0. The first kappa shape index (κ1) is 10.9. The predicted molar refractivity (Wildman–Crippen MR) is 28.2 cm³/mol. The Balaban J connectivity index is 0. The first-order valence-corrected chi connectivity index (χ1v) is 1.58. The summed E-state index contributed by atoms with van der Waals surface area (Å²) in [7, 11) is 1.30. The molecule has 7 heavy (non-hydrogen) atoms. The van der Waals surface area contributed by atoms with E-state index < -0.39 is 0 Å². The number of carbonyl (C=O) groups excluding carboxylic acids is 1. The maximum atomic E-state index is 9.83. The molecule has 0 saturated carbocycles. The fourth-order valence-electron chi connectivity index (χ4n) is 0.0833. The number of hydrogen-bond acceptors (Lipinski definition) is 3. The standard InChI is InChI=1S/C3H7NO2.K.H/c1-6-3(5)2-4;;/h2,4H2,1H3;;. The van der Waals surface area contributed by atoms with E-state index in [1.807, 2.05) is 0 Å². The van der Waals surface area contributed by atoms with Crippen molar-refractivity contribution < 1.29 is 9.53 Å². The third kappa shape index (κ3) is 7.07. The zero-order chi connectivity index (χ0) is 4.99. The molecule has 0 aromatic heterocycles. The Labute approximate surface area is 85.0 Å². The molecule has 4 heteroatoms. The van der Waals surface area contributed by atoms with Crippen molar-refractivity contribution in [3.63, 3.8) is 0 Å². The van der Waals surface area contributed by atoms with Gasteiger partial charge in [0.25, 0.3) is 0 Å². The summed E-state index contributed by atoms with van der Waals surface area (Å²) in [4.78, 5) is 9.83. The molecule has 0 aliphatic carbocycles. The fourth-order valence-corrected chi connectivity index (χ4v) is 0.0833. The number of nitrogens with two attached hydrogens (primary N) is 1. The molecule has 0 amide bonds. The Morgan fingerprint density at radius 2 is 2.29 bits per heavy atom. The van der Waals surface area contributed by atoms with E-state index in [1.54, 1.807) is 0 Å². The second-order valence-corrected chi connectivity index (χ2v) is 0.780. The Hall–Kier alpha value is 1.07. The summed E-state index contributed by atoms with van der Waals surface area (Å²) < 4.78 is 4.14. The summed E-state index contributed by atoms with van der Waals surface area (Å²) in [6.07, 6.45) is 0. The molecule has 0 radical (unpaired) electrons. The zero-order valence-electron chi connectivity index (χ0n) is 3.60. The summed E-state index contributed by atoms with van der Waals surface area (Å²) >= 11 is 0. The molecule has 38 valence electrons. The van der Waals surface area contributed by atoms with Gasteiger partial charge in [-0.1, -0.05) is 0 Å². The number of ether oxygens (including phenoxy) is 1. The van der Waals surface area contributed by atoms with Gasteiger partial charge in [-0.05, 0) is 0 Å². The number of hydrogen-bond donors (Lipinski definition) is 1. The molecule has 0 fully saturated rings. The van der Waals surface area contributed by atoms with Gasteiger partial charge >= 0.3 is 57.4 Å². The van der Waals surface area contributed by atoms with Crippen LogP contribution in [0.3, 0.4) is 0 Å². The van der Waals surface area contributed by atoms with E-state index in [2.05, 4.69) is 4.74 Å². The van der Waals surface area contributed by atoms with Crippen LogP contribution in [0.25, 0.3) is 0 Å². The molecule has 0 aromatic carbocycles. The van der Waals surface area contributed by atoms with Gasteiger partial charge in [-0.3, -0.25) is 4.79 Å². The van der Waals surface area contributed by atoms with Crippen molar-refractivity contribution in [3.05, 3.63) is 0 Å². The van der Waals surface area contributed by atoms with E-state index >= 15 is 0 Å². The molecule has 0 rings (SSSR count). The molecular formula is C3H8KNO2. The number of carbonyl (C=O) groups is 1. The summed E-state index contributed by atoms with van der Waals surface area (Å²) in [6.45, 7) is -0.0312. The number of rotatable bonds is 1. The maximum absolute atomic E-state index is 9.83. The summed E-state index contributed by atoms with van der Waals surface area (Å²) in [6, 6.07) is 0. The van der Waals surface area contributed by atoms with Crippen LogP contribution in [0.5, 0.6) is 0 Å². The van der Waals surface area contributed by atoms with Crippen LogP contribution in [0.1, 0.15) is 0 Å². The third-order valence-electron chi connectivity index (χ3n) is 0.394. The van der Waals surface area contributed by atoms with Gasteiger partial charge in [-0.15, -0.1) is 0 Å². The van der Waals surface area contributed by atoms with Crippen LogP contribution < -0.4 is 5.73 Å². The van der Waals surface area contributed by atoms with Crippen LogP contribution in [0, 0.1) is 0 Å². The normalized spacial score (nSPS) is 6.57. The molecule has 0 unspecified atom stereocenters. The number of methoxy groups -OCH3 is 1. The van der Waals surface area contributed by atoms with E-state index in [0.29, 0.717) is 0 Å². The molecule has 0 heterocycles. The van der Waals surface area contributed by atoms with Crippen molar-refractivity contribution in [3.8, 4) is 0 Å². The Morgan fingerprint density at radius 3 is 2.29 bits per heavy atom. The van der Waals surface area contributed by atoms with Crippen molar-refractivity contribution >= 4 is 57.4 Å². The minimum atomic E-state index is -0.380. The second-order valence-electron chi connectivity index (χ2n) is 0.780. The molecule has 0 aliphatic rings. The topological polar surface area (TPSA) is 52.3 Å². The summed E-state index contributed by atoms with van der Waals surface area (Å²) in [5.74, 6) is -0.380. The molecule has 0 spiro atoms. The first-order valence-electron chi connectivity index (χ1n) is 1.58. The summed E-state index contributed by atoms with van der Waals surface area (Å²) in [5.41, 5.74) is 4.81. The summed E-state index contributed by atoms with van der Waals surface area (Å²) in [5, 5.41) is 0. The van der Waals surface area contributed by atoms with Crippen molar-refractivity contribution in [2.45, 2.75) is 0 Å². The third-order valence-corrected chi connectivity index (χ3v) is 0.394. The molecule has 2 N–H and O–H groups in total. The van der Waals surface area contributed by atoms with Crippen LogP contribution in [0.15, 0.2) is 0 Å². The van der Waals surface area contributed by atoms with Gasteiger partial charge in [-0.2, -0.15) is 0 Å². The Bertz CT molecular complexity index is 50.9. The predicted octanol–water partition coefficient (Wildman–Crippen LogP) is -1.53. The van der Waals surface area contributed by atoms with Crippen molar-refractivity contribution in [2.24, 2.45) is 5.73 Å². The van der Waals surface area contributed by atoms with Gasteiger partial charge in [0.2, 0.25) is 0 Å².